The summed E-state index contributed by atoms with van der Waals surface area (Å²) < 4.78 is 5.49. The van der Waals surface area contributed by atoms with Gasteiger partial charge in [-0.25, -0.2) is 0 Å². The van der Waals surface area contributed by atoms with Gasteiger partial charge < -0.3 is 10.1 Å². The molecular weight excluding hydrogens is 198 g/mol. The van der Waals surface area contributed by atoms with Crippen LogP contribution in [0.1, 0.15) is 25.8 Å². The third kappa shape index (κ3) is 4.86. The Kier molecular flexibility index (Phi) is 6.13. The lowest BCUT2D eigenvalue weighted by Crippen LogP contribution is -2.13. The average molecular weight is 217 g/mol. The molecule has 1 aromatic carbocycles. The molecule has 0 aliphatic rings. The molecule has 0 saturated carbocycles. The number of nitrogens with one attached hydrogen (secondary N) is 1. The van der Waals surface area contributed by atoms with Crippen molar-refractivity contribution in [2.45, 2.75) is 26.8 Å². The quantitative estimate of drug-likeness (QED) is 0.584. The Hall–Kier alpha value is -1.46. The van der Waals surface area contributed by atoms with Gasteiger partial charge in [-0.1, -0.05) is 25.0 Å². The van der Waals surface area contributed by atoms with Crippen LogP contribution in [0.5, 0.6) is 5.75 Å². The molecule has 0 heterocycles. The molecule has 2 heteroatoms. The van der Waals surface area contributed by atoms with Crippen molar-refractivity contribution in [2.24, 2.45) is 0 Å². The Morgan fingerprint density at radius 3 is 3.00 bits per heavy atom. The molecule has 2 nitrogen and oxygen atoms in total. The van der Waals surface area contributed by atoms with E-state index in [4.69, 9.17) is 4.74 Å². The van der Waals surface area contributed by atoms with Crippen molar-refractivity contribution >= 4 is 0 Å². The van der Waals surface area contributed by atoms with E-state index >= 15 is 0 Å². The fourth-order valence-electron chi connectivity index (χ4n) is 1.35. The first-order chi connectivity index (χ1) is 7.86. The maximum absolute atomic E-state index is 5.49. The summed E-state index contributed by atoms with van der Waals surface area (Å²) in [5, 5.41) is 3.36. The number of hydrogen-bond acceptors (Lipinski definition) is 2. The molecule has 0 saturated heterocycles. The Balaban J connectivity index is 2.45. The topological polar surface area (TPSA) is 21.3 Å². The lowest BCUT2D eigenvalue weighted by Gasteiger charge is -2.06. The first-order valence-corrected chi connectivity index (χ1v) is 5.69. The zero-order chi connectivity index (χ0) is 11.6. The summed E-state index contributed by atoms with van der Waals surface area (Å²) in [6.45, 7) is 6.38. The molecule has 1 N–H and O–H groups in total. The maximum atomic E-state index is 5.49. The monoisotopic (exact) mass is 217 g/mol. The summed E-state index contributed by atoms with van der Waals surface area (Å²) >= 11 is 0. The van der Waals surface area contributed by atoms with Crippen LogP contribution in [0.3, 0.4) is 0 Å². The number of benzene rings is 1. The molecule has 0 radical (unpaired) electrons. The molecule has 0 aliphatic heterocycles. The highest BCUT2D eigenvalue weighted by Gasteiger charge is 1.95. The lowest BCUT2D eigenvalue weighted by atomic mass is 10.2. The van der Waals surface area contributed by atoms with Crippen molar-refractivity contribution in [3.05, 3.63) is 29.8 Å². The molecule has 0 amide bonds. The van der Waals surface area contributed by atoms with Crippen molar-refractivity contribution in [1.29, 1.82) is 0 Å². The molecule has 0 unspecified atom stereocenters. The number of hydrogen-bond donors (Lipinski definition) is 1. The van der Waals surface area contributed by atoms with Crippen LogP contribution in [0, 0.1) is 11.8 Å². The van der Waals surface area contributed by atoms with E-state index in [1.54, 1.807) is 0 Å². The Morgan fingerprint density at radius 2 is 2.25 bits per heavy atom. The van der Waals surface area contributed by atoms with Gasteiger partial charge in [0, 0.05) is 6.54 Å². The summed E-state index contributed by atoms with van der Waals surface area (Å²) in [6, 6.07) is 8.12. The Morgan fingerprint density at radius 1 is 1.38 bits per heavy atom. The second-order valence-electron chi connectivity index (χ2n) is 3.54. The van der Waals surface area contributed by atoms with Crippen LogP contribution in [-0.2, 0) is 6.54 Å². The van der Waals surface area contributed by atoms with Gasteiger partial charge in [0.2, 0.25) is 0 Å². The molecule has 0 aromatic heterocycles. The summed E-state index contributed by atoms with van der Waals surface area (Å²) in [5.41, 5.74) is 1.25. The molecule has 0 fully saturated rings. The minimum Gasteiger partial charge on any atom is -0.481 e. The van der Waals surface area contributed by atoms with E-state index < -0.39 is 0 Å². The average Bonchev–Trinajstić information content (AvgIpc) is 2.30. The zero-order valence-corrected chi connectivity index (χ0v) is 10.0. The third-order valence-corrected chi connectivity index (χ3v) is 2.14. The van der Waals surface area contributed by atoms with Gasteiger partial charge in [0.05, 0.1) is 0 Å². The second kappa shape index (κ2) is 7.78. The van der Waals surface area contributed by atoms with Crippen molar-refractivity contribution in [2.75, 3.05) is 13.2 Å². The summed E-state index contributed by atoms with van der Waals surface area (Å²) in [4.78, 5) is 0. The molecule has 0 aliphatic carbocycles. The fourth-order valence-corrected chi connectivity index (χ4v) is 1.35. The van der Waals surface area contributed by atoms with Crippen LogP contribution in [-0.4, -0.2) is 13.2 Å². The van der Waals surface area contributed by atoms with Gasteiger partial charge in [0.25, 0.3) is 0 Å². The number of ether oxygens (including phenoxy) is 1. The molecule has 86 valence electrons. The molecule has 1 rings (SSSR count). The van der Waals surface area contributed by atoms with Crippen molar-refractivity contribution in [3.63, 3.8) is 0 Å². The molecular formula is C14H19NO. The predicted molar refractivity (Wildman–Crippen MR) is 67.4 cm³/mol. The summed E-state index contributed by atoms with van der Waals surface area (Å²) in [5.74, 6) is 6.58. The minimum absolute atomic E-state index is 0.461. The SMILES string of the molecule is CC#CCOc1cccc(CNCCC)c1. The van der Waals surface area contributed by atoms with Gasteiger partial charge in [0.1, 0.15) is 12.4 Å². The van der Waals surface area contributed by atoms with Gasteiger partial charge >= 0.3 is 0 Å². The highest BCUT2D eigenvalue weighted by molar-refractivity contribution is 5.28. The Labute approximate surface area is 98.0 Å². The molecule has 16 heavy (non-hydrogen) atoms. The summed E-state index contributed by atoms with van der Waals surface area (Å²) in [6.07, 6.45) is 1.16. The van der Waals surface area contributed by atoms with Gasteiger partial charge in [-0.2, -0.15) is 0 Å². The third-order valence-electron chi connectivity index (χ3n) is 2.14. The Bertz CT molecular complexity index is 362. The van der Waals surface area contributed by atoms with E-state index in [0.717, 1.165) is 25.3 Å². The number of rotatable bonds is 6. The van der Waals surface area contributed by atoms with Crippen LogP contribution >= 0.6 is 0 Å². The van der Waals surface area contributed by atoms with Crippen LogP contribution in [0.2, 0.25) is 0 Å². The lowest BCUT2D eigenvalue weighted by molar-refractivity contribution is 0.369. The largest absolute Gasteiger partial charge is 0.481 e. The van der Waals surface area contributed by atoms with Crippen molar-refractivity contribution in [1.82, 2.24) is 5.32 Å². The summed E-state index contributed by atoms with van der Waals surface area (Å²) in [7, 11) is 0. The van der Waals surface area contributed by atoms with Gasteiger partial charge in [-0.15, -0.1) is 5.92 Å². The van der Waals surface area contributed by atoms with Gasteiger partial charge in [0.15, 0.2) is 0 Å². The molecule has 1 aromatic rings. The highest BCUT2D eigenvalue weighted by Crippen LogP contribution is 2.12. The van der Waals surface area contributed by atoms with E-state index in [1.807, 2.05) is 19.1 Å². The maximum Gasteiger partial charge on any atom is 0.149 e. The van der Waals surface area contributed by atoms with E-state index in [1.165, 1.54) is 5.56 Å². The molecule has 0 atom stereocenters. The van der Waals surface area contributed by atoms with Crippen LogP contribution in [0.25, 0.3) is 0 Å². The standard InChI is InChI=1S/C14H19NO/c1-3-5-10-16-14-8-6-7-13(11-14)12-15-9-4-2/h6-8,11,15H,4,9-10,12H2,1-2H3. The fraction of sp³-hybridized carbons (Fsp3) is 0.429. The first-order valence-electron chi connectivity index (χ1n) is 5.69. The smallest absolute Gasteiger partial charge is 0.149 e. The molecule has 0 spiro atoms. The first kappa shape index (κ1) is 12.6. The van der Waals surface area contributed by atoms with E-state index in [-0.39, 0.29) is 0 Å². The zero-order valence-electron chi connectivity index (χ0n) is 10.0. The van der Waals surface area contributed by atoms with Gasteiger partial charge in [-0.3, -0.25) is 0 Å². The van der Waals surface area contributed by atoms with Crippen molar-refractivity contribution < 1.29 is 4.74 Å². The van der Waals surface area contributed by atoms with Crippen LogP contribution in [0.4, 0.5) is 0 Å². The van der Waals surface area contributed by atoms with Crippen molar-refractivity contribution in [3.8, 4) is 17.6 Å². The molecule has 0 bridgehead atoms. The predicted octanol–water partition coefficient (Wildman–Crippen LogP) is 2.59. The van der Waals surface area contributed by atoms with Crippen LogP contribution in [0.15, 0.2) is 24.3 Å². The van der Waals surface area contributed by atoms with Crippen LogP contribution < -0.4 is 10.1 Å². The van der Waals surface area contributed by atoms with E-state index in [2.05, 4.69) is 36.2 Å². The minimum atomic E-state index is 0.461. The second-order valence-corrected chi connectivity index (χ2v) is 3.54. The van der Waals surface area contributed by atoms with Gasteiger partial charge in [-0.05, 0) is 37.6 Å². The highest BCUT2D eigenvalue weighted by atomic mass is 16.5. The van der Waals surface area contributed by atoms with E-state index in [0.29, 0.717) is 6.61 Å². The normalized spacial score (nSPS) is 9.38. The van der Waals surface area contributed by atoms with E-state index in [9.17, 15) is 0 Å².